The second-order valence-corrected chi connectivity index (χ2v) is 6.66. The summed E-state index contributed by atoms with van der Waals surface area (Å²) in [4.78, 5) is 13.7. The largest absolute Gasteiger partial charge is 0.325 e. The fourth-order valence-corrected chi connectivity index (χ4v) is 3.16. The summed E-state index contributed by atoms with van der Waals surface area (Å²) in [5.74, 6) is 0.676. The first kappa shape index (κ1) is 17.4. The Morgan fingerprint density at radius 2 is 1.96 bits per heavy atom. The Bertz CT molecular complexity index is 884. The van der Waals surface area contributed by atoms with Crippen molar-refractivity contribution in [3.05, 3.63) is 60.2 Å². The van der Waals surface area contributed by atoms with E-state index in [2.05, 4.69) is 26.0 Å². The Kier molecular flexibility index (Phi) is 5.20. The van der Waals surface area contributed by atoms with Gasteiger partial charge in [-0.1, -0.05) is 42.5 Å². The first-order chi connectivity index (χ1) is 13.3. The van der Waals surface area contributed by atoms with Crippen LogP contribution < -0.4 is 10.6 Å². The average Bonchev–Trinajstić information content (AvgIpc) is 3.40. The van der Waals surface area contributed by atoms with Crippen molar-refractivity contribution in [1.29, 1.82) is 0 Å². The van der Waals surface area contributed by atoms with E-state index in [1.807, 2.05) is 54.6 Å². The molecule has 2 aromatic carbocycles. The van der Waals surface area contributed by atoms with Gasteiger partial charge in [-0.15, -0.1) is 10.2 Å². The molecule has 1 fully saturated rings. The minimum absolute atomic E-state index is 0.0421. The number of aromatic nitrogens is 4. The molecule has 3 aromatic rings. The number of nitrogens with zero attached hydrogens (tertiary/aromatic N) is 4. The standard InChI is InChI=1S/C20H22N6O/c27-20(18-7-4-13-21-18)22-17-10-8-15(9-11-17)12-14-26-24-19(23-25-26)16-5-2-1-3-6-16/h1-3,5-6,8-11,18,21H,4,7,12-14H2,(H,22,27). The highest BCUT2D eigenvalue weighted by Crippen LogP contribution is 2.14. The molecule has 0 bridgehead atoms. The lowest BCUT2D eigenvalue weighted by Crippen LogP contribution is -2.35. The maximum absolute atomic E-state index is 12.1. The van der Waals surface area contributed by atoms with E-state index in [-0.39, 0.29) is 11.9 Å². The molecule has 1 amide bonds. The number of anilines is 1. The molecule has 1 aliphatic heterocycles. The number of tetrazole rings is 1. The maximum Gasteiger partial charge on any atom is 0.241 e. The molecular weight excluding hydrogens is 340 g/mol. The van der Waals surface area contributed by atoms with Gasteiger partial charge >= 0.3 is 0 Å². The molecule has 1 atom stereocenters. The van der Waals surface area contributed by atoms with E-state index in [1.165, 1.54) is 0 Å². The predicted molar refractivity (Wildman–Crippen MR) is 103 cm³/mol. The number of amides is 1. The van der Waals surface area contributed by atoms with Crippen molar-refractivity contribution in [2.75, 3.05) is 11.9 Å². The van der Waals surface area contributed by atoms with Gasteiger partial charge < -0.3 is 10.6 Å². The molecule has 7 nitrogen and oxygen atoms in total. The molecule has 7 heteroatoms. The van der Waals surface area contributed by atoms with Crippen LogP contribution >= 0.6 is 0 Å². The summed E-state index contributed by atoms with van der Waals surface area (Å²) >= 11 is 0. The smallest absolute Gasteiger partial charge is 0.241 e. The van der Waals surface area contributed by atoms with E-state index < -0.39 is 0 Å². The average molecular weight is 362 g/mol. The van der Waals surface area contributed by atoms with Crippen molar-refractivity contribution in [3.8, 4) is 11.4 Å². The molecule has 0 aliphatic carbocycles. The van der Waals surface area contributed by atoms with Crippen LogP contribution in [0.3, 0.4) is 0 Å². The van der Waals surface area contributed by atoms with Gasteiger partial charge in [-0.25, -0.2) is 0 Å². The van der Waals surface area contributed by atoms with Crippen LogP contribution in [-0.4, -0.2) is 38.7 Å². The van der Waals surface area contributed by atoms with Crippen molar-refractivity contribution in [1.82, 2.24) is 25.5 Å². The molecule has 1 aromatic heterocycles. The minimum atomic E-state index is -0.0677. The zero-order valence-corrected chi connectivity index (χ0v) is 15.0. The second kappa shape index (κ2) is 8.09. The van der Waals surface area contributed by atoms with Crippen molar-refractivity contribution < 1.29 is 4.79 Å². The van der Waals surface area contributed by atoms with Crippen molar-refractivity contribution >= 4 is 11.6 Å². The summed E-state index contributed by atoms with van der Waals surface area (Å²) in [6, 6.07) is 17.7. The monoisotopic (exact) mass is 362 g/mol. The second-order valence-electron chi connectivity index (χ2n) is 6.66. The highest BCUT2D eigenvalue weighted by Gasteiger charge is 2.21. The SMILES string of the molecule is O=C(Nc1ccc(CCn2nnc(-c3ccccc3)n2)cc1)C1CCCN1. The number of hydrogen-bond acceptors (Lipinski definition) is 5. The molecule has 2 N–H and O–H groups in total. The first-order valence-corrected chi connectivity index (χ1v) is 9.24. The van der Waals surface area contributed by atoms with Gasteiger partial charge in [0.15, 0.2) is 0 Å². The lowest BCUT2D eigenvalue weighted by Gasteiger charge is -2.11. The molecule has 0 saturated carbocycles. The van der Waals surface area contributed by atoms with E-state index in [4.69, 9.17) is 0 Å². The van der Waals surface area contributed by atoms with Gasteiger partial charge in [-0.2, -0.15) is 4.80 Å². The Morgan fingerprint density at radius 1 is 1.15 bits per heavy atom. The third-order valence-corrected chi connectivity index (χ3v) is 4.68. The van der Waals surface area contributed by atoms with Gasteiger partial charge in [0.05, 0.1) is 12.6 Å². The van der Waals surface area contributed by atoms with Gasteiger partial charge in [0, 0.05) is 11.3 Å². The predicted octanol–water partition coefficient (Wildman–Crippen LogP) is 2.27. The summed E-state index contributed by atoms with van der Waals surface area (Å²) in [5, 5.41) is 18.8. The van der Waals surface area contributed by atoms with Crippen LogP contribution in [0.2, 0.25) is 0 Å². The van der Waals surface area contributed by atoms with E-state index in [0.717, 1.165) is 42.6 Å². The van der Waals surface area contributed by atoms with E-state index in [9.17, 15) is 4.79 Å². The third-order valence-electron chi connectivity index (χ3n) is 4.68. The van der Waals surface area contributed by atoms with Crippen LogP contribution in [0.25, 0.3) is 11.4 Å². The van der Waals surface area contributed by atoms with Gasteiger partial charge in [-0.3, -0.25) is 4.79 Å². The zero-order valence-electron chi connectivity index (χ0n) is 15.0. The van der Waals surface area contributed by atoms with Gasteiger partial charge in [0.2, 0.25) is 11.7 Å². The van der Waals surface area contributed by atoms with Crippen LogP contribution in [0.5, 0.6) is 0 Å². The lowest BCUT2D eigenvalue weighted by molar-refractivity contribution is -0.117. The normalized spacial score (nSPS) is 16.4. The Balaban J connectivity index is 1.31. The van der Waals surface area contributed by atoms with Crippen molar-refractivity contribution in [2.24, 2.45) is 0 Å². The molecule has 1 aliphatic rings. The molecule has 27 heavy (non-hydrogen) atoms. The summed E-state index contributed by atoms with van der Waals surface area (Å²) < 4.78 is 0. The summed E-state index contributed by atoms with van der Waals surface area (Å²) in [7, 11) is 0. The fraction of sp³-hybridized carbons (Fsp3) is 0.300. The third kappa shape index (κ3) is 4.38. The fourth-order valence-electron chi connectivity index (χ4n) is 3.16. The number of carbonyl (C=O) groups excluding carboxylic acids is 1. The summed E-state index contributed by atoms with van der Waals surface area (Å²) in [6.45, 7) is 1.57. The van der Waals surface area contributed by atoms with Gasteiger partial charge in [0.1, 0.15) is 0 Å². The van der Waals surface area contributed by atoms with E-state index in [0.29, 0.717) is 12.4 Å². The molecule has 4 rings (SSSR count). The van der Waals surface area contributed by atoms with Crippen LogP contribution in [-0.2, 0) is 17.8 Å². The highest BCUT2D eigenvalue weighted by molar-refractivity contribution is 5.95. The molecule has 138 valence electrons. The van der Waals surface area contributed by atoms with Crippen LogP contribution in [0, 0.1) is 0 Å². The quantitative estimate of drug-likeness (QED) is 0.703. The van der Waals surface area contributed by atoms with Gasteiger partial charge in [-0.05, 0) is 48.7 Å². The van der Waals surface area contributed by atoms with Crippen LogP contribution in [0.4, 0.5) is 5.69 Å². The Labute approximate surface area is 157 Å². The molecular formula is C20H22N6O. The summed E-state index contributed by atoms with van der Waals surface area (Å²) in [5.41, 5.74) is 2.94. The molecule has 1 unspecified atom stereocenters. The van der Waals surface area contributed by atoms with Crippen LogP contribution in [0.1, 0.15) is 18.4 Å². The van der Waals surface area contributed by atoms with Gasteiger partial charge in [0.25, 0.3) is 0 Å². The summed E-state index contributed by atoms with van der Waals surface area (Å²) in [6.07, 6.45) is 2.75. The number of hydrogen-bond donors (Lipinski definition) is 2. The first-order valence-electron chi connectivity index (χ1n) is 9.24. The van der Waals surface area contributed by atoms with Crippen molar-refractivity contribution in [2.45, 2.75) is 31.8 Å². The van der Waals surface area contributed by atoms with Crippen LogP contribution in [0.15, 0.2) is 54.6 Å². The lowest BCUT2D eigenvalue weighted by atomic mass is 10.1. The Morgan fingerprint density at radius 3 is 2.70 bits per heavy atom. The maximum atomic E-state index is 12.1. The topological polar surface area (TPSA) is 84.7 Å². The molecule has 1 saturated heterocycles. The number of rotatable bonds is 6. The van der Waals surface area contributed by atoms with E-state index in [1.54, 1.807) is 4.80 Å². The number of nitrogens with one attached hydrogen (secondary N) is 2. The van der Waals surface area contributed by atoms with Crippen molar-refractivity contribution in [3.63, 3.8) is 0 Å². The molecule has 0 radical (unpaired) electrons. The number of carbonyl (C=O) groups is 1. The number of benzene rings is 2. The minimum Gasteiger partial charge on any atom is -0.325 e. The number of aryl methyl sites for hydroxylation is 2. The Hall–Kier alpha value is -3.06. The highest BCUT2D eigenvalue weighted by atomic mass is 16.2. The van der Waals surface area contributed by atoms with E-state index >= 15 is 0 Å². The molecule has 2 heterocycles. The zero-order chi connectivity index (χ0) is 18.5. The molecule has 0 spiro atoms.